The van der Waals surface area contributed by atoms with E-state index in [1.165, 1.54) is 11.4 Å². The Morgan fingerprint density at radius 1 is 1.00 bits per heavy atom. The molecule has 0 bridgehead atoms. The monoisotopic (exact) mass is 503 g/mol. The minimum atomic E-state index is -3.56. The molecule has 2 aromatic carbocycles. The van der Waals surface area contributed by atoms with Gasteiger partial charge in [-0.2, -0.15) is 0 Å². The number of amides is 2. The van der Waals surface area contributed by atoms with E-state index in [0.29, 0.717) is 30.8 Å². The molecule has 0 fully saturated rings. The fourth-order valence-electron chi connectivity index (χ4n) is 3.74. The summed E-state index contributed by atoms with van der Waals surface area (Å²) in [7, 11) is -2.04. The molecule has 1 atom stereocenters. The number of carbonyl (C=O) groups excluding carboxylic acids is 2. The third-order valence-electron chi connectivity index (χ3n) is 5.58. The number of rotatable bonds is 13. The first-order valence-electron chi connectivity index (χ1n) is 11.8. The summed E-state index contributed by atoms with van der Waals surface area (Å²) >= 11 is 0. The number of hydrogen-bond acceptors (Lipinski definition) is 5. The van der Waals surface area contributed by atoms with Crippen molar-refractivity contribution in [2.45, 2.75) is 52.1 Å². The number of sulfonamides is 1. The van der Waals surface area contributed by atoms with E-state index >= 15 is 0 Å². The lowest BCUT2D eigenvalue weighted by molar-refractivity contribution is -0.140. The Labute approximate surface area is 209 Å². The van der Waals surface area contributed by atoms with Crippen LogP contribution < -0.4 is 14.4 Å². The number of anilines is 1. The van der Waals surface area contributed by atoms with Crippen molar-refractivity contribution in [3.05, 3.63) is 60.2 Å². The van der Waals surface area contributed by atoms with Crippen molar-refractivity contribution < 1.29 is 22.7 Å². The molecule has 0 radical (unpaired) electrons. The number of carbonyl (C=O) groups is 2. The number of methoxy groups -OCH3 is 1. The predicted molar refractivity (Wildman–Crippen MR) is 139 cm³/mol. The van der Waals surface area contributed by atoms with Crippen molar-refractivity contribution in [1.82, 2.24) is 10.2 Å². The summed E-state index contributed by atoms with van der Waals surface area (Å²) in [5.41, 5.74) is 1.55. The molecule has 0 saturated carbocycles. The van der Waals surface area contributed by atoms with Crippen LogP contribution in [0.25, 0.3) is 0 Å². The Hall–Kier alpha value is -3.07. The summed E-state index contributed by atoms with van der Waals surface area (Å²) in [6.45, 7) is 6.00. The number of nitrogens with zero attached hydrogens (tertiary/aromatic N) is 2. The van der Waals surface area contributed by atoms with E-state index in [2.05, 4.69) is 5.32 Å². The third-order valence-corrected chi connectivity index (χ3v) is 6.77. The van der Waals surface area contributed by atoms with Crippen molar-refractivity contribution in [2.75, 3.05) is 30.8 Å². The largest absolute Gasteiger partial charge is 0.497 e. The minimum Gasteiger partial charge on any atom is -0.497 e. The Bertz CT molecular complexity index is 1070. The van der Waals surface area contributed by atoms with Crippen molar-refractivity contribution in [3.63, 3.8) is 0 Å². The Morgan fingerprint density at radius 2 is 1.69 bits per heavy atom. The average Bonchev–Trinajstić information content (AvgIpc) is 2.81. The number of benzene rings is 2. The van der Waals surface area contributed by atoms with Gasteiger partial charge in [0.05, 0.1) is 19.1 Å². The van der Waals surface area contributed by atoms with Gasteiger partial charge < -0.3 is 15.0 Å². The maximum atomic E-state index is 13.2. The summed E-state index contributed by atoms with van der Waals surface area (Å²) in [5, 5.41) is 2.87. The number of nitrogens with one attached hydrogen (secondary N) is 1. The molecule has 0 aromatic heterocycles. The van der Waals surface area contributed by atoms with Gasteiger partial charge >= 0.3 is 0 Å². The molecule has 2 rings (SSSR count). The van der Waals surface area contributed by atoms with Crippen LogP contribution in [0.2, 0.25) is 0 Å². The zero-order valence-electron chi connectivity index (χ0n) is 21.2. The van der Waals surface area contributed by atoms with Crippen molar-refractivity contribution >= 4 is 27.5 Å². The summed E-state index contributed by atoms with van der Waals surface area (Å²) in [4.78, 5) is 27.5. The topological polar surface area (TPSA) is 96.0 Å². The van der Waals surface area contributed by atoms with E-state index in [4.69, 9.17) is 4.74 Å². The summed E-state index contributed by atoms with van der Waals surface area (Å²) in [5.74, 6) is 0.145. The quantitative estimate of drug-likeness (QED) is 0.453. The van der Waals surface area contributed by atoms with Gasteiger partial charge in [0.1, 0.15) is 11.8 Å². The fraction of sp³-hybridized carbons (Fsp3) is 0.462. The number of ether oxygens (including phenoxy) is 1. The third kappa shape index (κ3) is 8.90. The first-order chi connectivity index (χ1) is 16.5. The number of hydrogen-bond donors (Lipinski definition) is 1. The maximum Gasteiger partial charge on any atom is 0.242 e. The van der Waals surface area contributed by atoms with Gasteiger partial charge in [0.2, 0.25) is 21.8 Å². The van der Waals surface area contributed by atoms with Gasteiger partial charge in [0.15, 0.2) is 0 Å². The fourth-order valence-corrected chi connectivity index (χ4v) is 4.70. The van der Waals surface area contributed by atoms with Gasteiger partial charge in [-0.15, -0.1) is 0 Å². The molecule has 192 valence electrons. The first-order valence-corrected chi connectivity index (χ1v) is 13.6. The van der Waals surface area contributed by atoms with Crippen LogP contribution in [0.15, 0.2) is 54.6 Å². The van der Waals surface area contributed by atoms with E-state index < -0.39 is 16.1 Å². The zero-order chi connectivity index (χ0) is 26.0. The highest BCUT2D eigenvalue weighted by Crippen LogP contribution is 2.23. The van der Waals surface area contributed by atoms with Crippen LogP contribution in [0.1, 0.15) is 39.2 Å². The van der Waals surface area contributed by atoms with E-state index in [0.717, 1.165) is 11.8 Å². The molecule has 8 nitrogen and oxygen atoms in total. The SMILES string of the molecule is COc1cccc(N(CCCC(=O)N(CCc2ccccc2)C(C)C(=O)NC(C)C)S(C)(=O)=O)c1. The highest BCUT2D eigenvalue weighted by Gasteiger charge is 2.26. The Kier molecular flexibility index (Phi) is 10.6. The Morgan fingerprint density at radius 3 is 2.29 bits per heavy atom. The van der Waals surface area contributed by atoms with Gasteiger partial charge in [-0.25, -0.2) is 8.42 Å². The van der Waals surface area contributed by atoms with Crippen LogP contribution in [-0.2, 0) is 26.0 Å². The zero-order valence-corrected chi connectivity index (χ0v) is 22.0. The van der Waals surface area contributed by atoms with Crippen LogP contribution >= 0.6 is 0 Å². The van der Waals surface area contributed by atoms with E-state index in [1.807, 2.05) is 44.2 Å². The Balaban J connectivity index is 2.12. The summed E-state index contributed by atoms with van der Waals surface area (Å²) in [6.07, 6.45) is 2.18. The van der Waals surface area contributed by atoms with E-state index in [-0.39, 0.29) is 30.8 Å². The molecule has 0 heterocycles. The standard InChI is InChI=1S/C26H37N3O5S/c1-20(2)27-26(31)21(3)28(18-16-22-11-7-6-8-12-22)25(30)15-10-17-29(35(5,32)33)23-13-9-14-24(19-23)34-4/h6-9,11-14,19-21H,10,15-18H2,1-5H3,(H,27,31). The van der Waals surface area contributed by atoms with E-state index in [1.54, 1.807) is 36.1 Å². The van der Waals surface area contributed by atoms with Crippen molar-refractivity contribution in [3.8, 4) is 5.75 Å². The molecule has 2 aromatic rings. The normalized spacial score (nSPS) is 12.2. The van der Waals surface area contributed by atoms with Crippen molar-refractivity contribution in [1.29, 1.82) is 0 Å². The predicted octanol–water partition coefficient (Wildman–Crippen LogP) is 3.23. The van der Waals surface area contributed by atoms with Crippen LogP contribution in [0, 0.1) is 0 Å². The molecule has 0 aliphatic carbocycles. The van der Waals surface area contributed by atoms with E-state index in [9.17, 15) is 18.0 Å². The highest BCUT2D eigenvalue weighted by molar-refractivity contribution is 7.92. The van der Waals surface area contributed by atoms with Crippen LogP contribution in [-0.4, -0.2) is 63.7 Å². The molecule has 2 amide bonds. The van der Waals surface area contributed by atoms with Gasteiger partial charge in [0.25, 0.3) is 0 Å². The lowest BCUT2D eigenvalue weighted by atomic mass is 10.1. The first kappa shape index (κ1) is 28.2. The molecule has 35 heavy (non-hydrogen) atoms. The average molecular weight is 504 g/mol. The van der Waals surface area contributed by atoms with Crippen LogP contribution in [0.4, 0.5) is 5.69 Å². The minimum absolute atomic E-state index is 0.0396. The molecular formula is C26H37N3O5S. The van der Waals surface area contributed by atoms with Gasteiger partial charge in [0, 0.05) is 31.6 Å². The van der Waals surface area contributed by atoms with Gasteiger partial charge in [-0.1, -0.05) is 36.4 Å². The molecule has 0 saturated heterocycles. The van der Waals surface area contributed by atoms with Gasteiger partial charge in [-0.05, 0) is 51.3 Å². The molecule has 1 unspecified atom stereocenters. The maximum absolute atomic E-state index is 13.2. The second-order valence-corrected chi connectivity index (χ2v) is 10.7. The molecular weight excluding hydrogens is 466 g/mol. The lowest BCUT2D eigenvalue weighted by Gasteiger charge is -2.30. The van der Waals surface area contributed by atoms with Gasteiger partial charge in [-0.3, -0.25) is 13.9 Å². The summed E-state index contributed by atoms with van der Waals surface area (Å²) < 4.78 is 31.4. The molecule has 0 aliphatic rings. The summed E-state index contributed by atoms with van der Waals surface area (Å²) in [6, 6.07) is 15.9. The second kappa shape index (κ2) is 13.1. The van der Waals surface area contributed by atoms with Crippen LogP contribution in [0.3, 0.4) is 0 Å². The highest BCUT2D eigenvalue weighted by atomic mass is 32.2. The van der Waals surface area contributed by atoms with Crippen LogP contribution in [0.5, 0.6) is 5.75 Å². The molecule has 9 heteroatoms. The lowest BCUT2D eigenvalue weighted by Crippen LogP contribution is -2.50. The molecule has 0 spiro atoms. The molecule has 0 aliphatic heterocycles. The van der Waals surface area contributed by atoms with Crippen molar-refractivity contribution in [2.24, 2.45) is 0 Å². The molecule has 1 N–H and O–H groups in total. The second-order valence-electron chi connectivity index (χ2n) is 8.80. The smallest absolute Gasteiger partial charge is 0.242 e.